The lowest BCUT2D eigenvalue weighted by Crippen LogP contribution is -2.03. The van der Waals surface area contributed by atoms with Gasteiger partial charge in [-0.3, -0.25) is 4.79 Å². The van der Waals surface area contributed by atoms with Crippen LogP contribution in [-0.2, 0) is 11.2 Å². The monoisotopic (exact) mass is 237 g/mol. The molecule has 3 rings (SSSR count). The van der Waals surface area contributed by atoms with Gasteiger partial charge in [-0.25, -0.2) is 0 Å². The molecule has 18 heavy (non-hydrogen) atoms. The average molecular weight is 237 g/mol. The van der Waals surface area contributed by atoms with Crippen LogP contribution >= 0.6 is 0 Å². The summed E-state index contributed by atoms with van der Waals surface area (Å²) in [5, 5.41) is 2.87. The molecule has 0 atom stereocenters. The molecule has 2 aromatic rings. The zero-order chi connectivity index (χ0) is 12.7. The Hall–Kier alpha value is -2.09. The first-order valence-electron chi connectivity index (χ1n) is 6.14. The zero-order valence-electron chi connectivity index (χ0n) is 10.6. The molecule has 1 aliphatic heterocycles. The third-order valence-electron chi connectivity index (χ3n) is 3.50. The summed E-state index contributed by atoms with van der Waals surface area (Å²) in [5.41, 5.74) is 7.06. The number of aryl methyl sites for hydroxylation is 2. The number of hydrogen-bond acceptors (Lipinski definition) is 1. The van der Waals surface area contributed by atoms with Gasteiger partial charge in [-0.1, -0.05) is 24.3 Å². The number of carbonyl (C=O) groups excluding carboxylic acids is 1. The van der Waals surface area contributed by atoms with Crippen molar-refractivity contribution in [2.45, 2.75) is 20.3 Å². The maximum atomic E-state index is 11.4. The molecule has 1 N–H and O–H groups in total. The van der Waals surface area contributed by atoms with Gasteiger partial charge in [0.1, 0.15) is 0 Å². The highest BCUT2D eigenvalue weighted by atomic mass is 16.1. The fourth-order valence-electron chi connectivity index (χ4n) is 2.65. The minimum absolute atomic E-state index is 0.0867. The van der Waals surface area contributed by atoms with Crippen LogP contribution in [0.1, 0.15) is 16.7 Å². The van der Waals surface area contributed by atoms with E-state index in [4.69, 9.17) is 0 Å². The Balaban J connectivity index is 2.14. The molecule has 1 aliphatic rings. The van der Waals surface area contributed by atoms with E-state index in [1.807, 2.05) is 6.07 Å². The standard InChI is InChI=1S/C16H15NO/c1-10-4-3-5-11(2)16(10)12-6-7-14-13(8-12)9-15(18)17-14/h3-8H,9H2,1-2H3,(H,17,18). The molecule has 2 nitrogen and oxygen atoms in total. The molecular formula is C16H15NO. The molecule has 0 aliphatic carbocycles. The largest absolute Gasteiger partial charge is 0.326 e. The molecule has 0 unspecified atom stereocenters. The molecule has 0 saturated heterocycles. The van der Waals surface area contributed by atoms with E-state index in [-0.39, 0.29) is 5.91 Å². The van der Waals surface area contributed by atoms with Gasteiger partial charge in [0, 0.05) is 5.69 Å². The Morgan fingerprint density at radius 2 is 1.78 bits per heavy atom. The van der Waals surface area contributed by atoms with Crippen molar-refractivity contribution in [3.8, 4) is 11.1 Å². The highest BCUT2D eigenvalue weighted by Crippen LogP contribution is 2.32. The molecule has 0 saturated carbocycles. The van der Waals surface area contributed by atoms with Crippen LogP contribution in [0.25, 0.3) is 11.1 Å². The van der Waals surface area contributed by atoms with Crippen molar-refractivity contribution in [2.75, 3.05) is 5.32 Å². The molecule has 1 heterocycles. The van der Waals surface area contributed by atoms with Gasteiger partial charge in [0.05, 0.1) is 6.42 Å². The lowest BCUT2D eigenvalue weighted by molar-refractivity contribution is -0.115. The number of nitrogens with one attached hydrogen (secondary N) is 1. The van der Waals surface area contributed by atoms with Crippen molar-refractivity contribution in [1.29, 1.82) is 0 Å². The zero-order valence-corrected chi connectivity index (χ0v) is 10.6. The number of amides is 1. The topological polar surface area (TPSA) is 29.1 Å². The Labute approximate surface area is 107 Å². The number of fused-ring (bicyclic) bond motifs is 1. The predicted molar refractivity (Wildman–Crippen MR) is 73.7 cm³/mol. The predicted octanol–water partition coefficient (Wildman–Crippen LogP) is 3.47. The SMILES string of the molecule is Cc1cccc(C)c1-c1ccc2c(c1)CC(=O)N2. The van der Waals surface area contributed by atoms with Gasteiger partial charge >= 0.3 is 0 Å². The summed E-state index contributed by atoms with van der Waals surface area (Å²) < 4.78 is 0. The second kappa shape index (κ2) is 3.98. The first-order valence-corrected chi connectivity index (χ1v) is 6.14. The molecule has 0 radical (unpaired) electrons. The number of benzene rings is 2. The van der Waals surface area contributed by atoms with Crippen LogP contribution in [0, 0.1) is 13.8 Å². The normalized spacial score (nSPS) is 13.3. The van der Waals surface area contributed by atoms with Crippen LogP contribution in [0.15, 0.2) is 36.4 Å². The van der Waals surface area contributed by atoms with E-state index in [1.165, 1.54) is 22.3 Å². The molecule has 90 valence electrons. The smallest absolute Gasteiger partial charge is 0.228 e. The quantitative estimate of drug-likeness (QED) is 0.808. The summed E-state index contributed by atoms with van der Waals surface area (Å²) >= 11 is 0. The third-order valence-corrected chi connectivity index (χ3v) is 3.50. The second-order valence-corrected chi connectivity index (χ2v) is 4.86. The molecule has 0 aromatic heterocycles. The van der Waals surface area contributed by atoms with Crippen molar-refractivity contribution >= 4 is 11.6 Å². The van der Waals surface area contributed by atoms with E-state index in [9.17, 15) is 4.79 Å². The molecule has 1 amide bonds. The van der Waals surface area contributed by atoms with Gasteiger partial charge in [0.15, 0.2) is 0 Å². The summed E-state index contributed by atoms with van der Waals surface area (Å²) in [5.74, 6) is 0.0867. The van der Waals surface area contributed by atoms with Gasteiger partial charge in [-0.2, -0.15) is 0 Å². The van der Waals surface area contributed by atoms with E-state index in [0.717, 1.165) is 11.3 Å². The van der Waals surface area contributed by atoms with Crippen molar-refractivity contribution < 1.29 is 4.79 Å². The number of hydrogen-bond donors (Lipinski definition) is 1. The van der Waals surface area contributed by atoms with E-state index in [0.29, 0.717) is 6.42 Å². The average Bonchev–Trinajstić information content (AvgIpc) is 2.68. The minimum Gasteiger partial charge on any atom is -0.326 e. The third kappa shape index (κ3) is 1.70. The van der Waals surface area contributed by atoms with Crippen molar-refractivity contribution in [3.63, 3.8) is 0 Å². The number of rotatable bonds is 1. The maximum Gasteiger partial charge on any atom is 0.228 e. The Bertz CT molecular complexity index is 623. The Kier molecular flexibility index (Phi) is 2.44. The summed E-state index contributed by atoms with van der Waals surface area (Å²) in [6.07, 6.45) is 0.494. The van der Waals surface area contributed by atoms with E-state index in [1.54, 1.807) is 0 Å². The minimum atomic E-state index is 0.0867. The molecule has 2 aromatic carbocycles. The van der Waals surface area contributed by atoms with Crippen LogP contribution in [0.2, 0.25) is 0 Å². The van der Waals surface area contributed by atoms with Crippen LogP contribution in [0.5, 0.6) is 0 Å². The molecule has 0 fully saturated rings. The van der Waals surface area contributed by atoms with E-state index in [2.05, 4.69) is 49.5 Å². The lowest BCUT2D eigenvalue weighted by atomic mass is 9.94. The molecule has 0 bridgehead atoms. The van der Waals surface area contributed by atoms with Crippen LogP contribution in [0.3, 0.4) is 0 Å². The fraction of sp³-hybridized carbons (Fsp3) is 0.188. The number of carbonyl (C=O) groups is 1. The highest BCUT2D eigenvalue weighted by Gasteiger charge is 2.18. The highest BCUT2D eigenvalue weighted by molar-refractivity contribution is 5.99. The lowest BCUT2D eigenvalue weighted by Gasteiger charge is -2.11. The summed E-state index contributed by atoms with van der Waals surface area (Å²) in [6.45, 7) is 4.25. The molecule has 0 spiro atoms. The van der Waals surface area contributed by atoms with Crippen LogP contribution < -0.4 is 5.32 Å². The summed E-state index contributed by atoms with van der Waals surface area (Å²) in [6, 6.07) is 12.5. The Morgan fingerprint density at radius 3 is 2.50 bits per heavy atom. The first-order chi connectivity index (χ1) is 8.65. The van der Waals surface area contributed by atoms with Crippen LogP contribution in [-0.4, -0.2) is 5.91 Å². The van der Waals surface area contributed by atoms with Gasteiger partial charge < -0.3 is 5.32 Å². The summed E-state index contributed by atoms with van der Waals surface area (Å²) in [4.78, 5) is 11.4. The Morgan fingerprint density at radius 1 is 1.06 bits per heavy atom. The van der Waals surface area contributed by atoms with Crippen LogP contribution in [0.4, 0.5) is 5.69 Å². The van der Waals surface area contributed by atoms with Gasteiger partial charge in [0.2, 0.25) is 5.91 Å². The second-order valence-electron chi connectivity index (χ2n) is 4.86. The van der Waals surface area contributed by atoms with Crippen molar-refractivity contribution in [3.05, 3.63) is 53.1 Å². The fourth-order valence-corrected chi connectivity index (χ4v) is 2.65. The first kappa shape index (κ1) is 11.0. The van der Waals surface area contributed by atoms with Crippen molar-refractivity contribution in [1.82, 2.24) is 0 Å². The van der Waals surface area contributed by atoms with Gasteiger partial charge in [0.25, 0.3) is 0 Å². The van der Waals surface area contributed by atoms with Crippen molar-refractivity contribution in [2.24, 2.45) is 0 Å². The maximum absolute atomic E-state index is 11.4. The molecule has 2 heteroatoms. The van der Waals surface area contributed by atoms with E-state index >= 15 is 0 Å². The van der Waals surface area contributed by atoms with Gasteiger partial charge in [-0.15, -0.1) is 0 Å². The van der Waals surface area contributed by atoms with Gasteiger partial charge in [-0.05, 0) is 53.8 Å². The number of anilines is 1. The summed E-state index contributed by atoms with van der Waals surface area (Å²) in [7, 11) is 0. The van der Waals surface area contributed by atoms with E-state index < -0.39 is 0 Å². The molecular weight excluding hydrogens is 222 g/mol.